The topological polar surface area (TPSA) is 29.3 Å². The molecule has 0 aromatic heterocycles. The zero-order valence-corrected chi connectivity index (χ0v) is 11.8. The van der Waals surface area contributed by atoms with Gasteiger partial charge in [-0.1, -0.05) is 49.4 Å². The molecule has 0 saturated heterocycles. The Labute approximate surface area is 115 Å². The molecule has 0 aliphatic carbocycles. The lowest BCUT2D eigenvalue weighted by atomic mass is 10.1. The summed E-state index contributed by atoms with van der Waals surface area (Å²) in [5.74, 6) is 0. The van der Waals surface area contributed by atoms with Gasteiger partial charge in [0.2, 0.25) is 0 Å². The quantitative estimate of drug-likeness (QED) is 0.817. The molecule has 0 spiro atoms. The second kappa shape index (κ2) is 6.28. The van der Waals surface area contributed by atoms with Crippen molar-refractivity contribution in [1.82, 2.24) is 0 Å². The molecule has 2 nitrogen and oxygen atoms in total. The maximum Gasteiger partial charge on any atom is 0.0605 e. The minimum atomic E-state index is 0.895. The first-order chi connectivity index (χ1) is 9.22. The first-order valence-corrected chi connectivity index (χ1v) is 6.86. The summed E-state index contributed by atoms with van der Waals surface area (Å²) in [4.78, 5) is 2.36. The number of hydrogen-bond acceptors (Lipinski definition) is 2. The Morgan fingerprint density at radius 2 is 1.74 bits per heavy atom. The molecule has 0 atom stereocenters. The molecule has 2 rings (SSSR count). The van der Waals surface area contributed by atoms with Crippen LogP contribution in [0, 0.1) is 6.92 Å². The molecule has 0 amide bonds. The van der Waals surface area contributed by atoms with Crippen molar-refractivity contribution >= 4 is 11.4 Å². The standard InChI is InChI=1S/C17H22N2/c1-3-12-19(13-15-9-5-4-6-10-15)16-11-7-8-14(2)17(16)18/h4-11H,3,12-13,18H2,1-2H3. The van der Waals surface area contributed by atoms with Crippen molar-refractivity contribution in [2.24, 2.45) is 0 Å². The number of aryl methyl sites for hydroxylation is 1. The Kier molecular flexibility index (Phi) is 4.45. The molecule has 2 N–H and O–H groups in total. The van der Waals surface area contributed by atoms with Crippen LogP contribution in [-0.4, -0.2) is 6.54 Å². The molecule has 0 fully saturated rings. The molecule has 2 aromatic carbocycles. The van der Waals surface area contributed by atoms with Gasteiger partial charge in [0.05, 0.1) is 11.4 Å². The van der Waals surface area contributed by atoms with Gasteiger partial charge in [-0.05, 0) is 30.5 Å². The lowest BCUT2D eigenvalue weighted by Crippen LogP contribution is -2.24. The average molecular weight is 254 g/mol. The summed E-state index contributed by atoms with van der Waals surface area (Å²) in [6, 6.07) is 16.8. The number of para-hydroxylation sites is 1. The fourth-order valence-electron chi connectivity index (χ4n) is 2.30. The van der Waals surface area contributed by atoms with Crippen LogP contribution < -0.4 is 10.6 Å². The third-order valence-electron chi connectivity index (χ3n) is 3.35. The molecule has 100 valence electrons. The molecule has 19 heavy (non-hydrogen) atoms. The molecule has 2 heteroatoms. The smallest absolute Gasteiger partial charge is 0.0605 e. The largest absolute Gasteiger partial charge is 0.397 e. The Morgan fingerprint density at radius 1 is 1.00 bits per heavy atom. The van der Waals surface area contributed by atoms with Crippen LogP contribution in [0.1, 0.15) is 24.5 Å². The summed E-state index contributed by atoms with van der Waals surface area (Å²) >= 11 is 0. The predicted octanol–water partition coefficient (Wildman–Crippen LogP) is 3.99. The van der Waals surface area contributed by atoms with Crippen molar-refractivity contribution in [3.8, 4) is 0 Å². The Balaban J connectivity index is 2.27. The van der Waals surface area contributed by atoms with E-state index in [1.807, 2.05) is 0 Å². The highest BCUT2D eigenvalue weighted by Gasteiger charge is 2.10. The first-order valence-electron chi connectivity index (χ1n) is 6.86. The molecule has 0 saturated carbocycles. The summed E-state index contributed by atoms with van der Waals surface area (Å²) in [5.41, 5.74) is 10.7. The van der Waals surface area contributed by atoms with Crippen molar-refractivity contribution < 1.29 is 0 Å². The number of nitrogens with zero attached hydrogens (tertiary/aromatic N) is 1. The van der Waals surface area contributed by atoms with Crippen LogP contribution in [0.3, 0.4) is 0 Å². The molecule has 0 aliphatic rings. The van der Waals surface area contributed by atoms with Gasteiger partial charge in [-0.2, -0.15) is 0 Å². The van der Waals surface area contributed by atoms with Gasteiger partial charge < -0.3 is 10.6 Å². The molecular weight excluding hydrogens is 232 g/mol. The highest BCUT2D eigenvalue weighted by molar-refractivity contribution is 5.70. The fraction of sp³-hybridized carbons (Fsp3) is 0.294. The Bertz CT molecular complexity index is 520. The zero-order valence-electron chi connectivity index (χ0n) is 11.8. The van der Waals surface area contributed by atoms with Crippen molar-refractivity contribution in [2.45, 2.75) is 26.8 Å². The van der Waals surface area contributed by atoms with Crippen molar-refractivity contribution in [3.05, 3.63) is 59.7 Å². The van der Waals surface area contributed by atoms with E-state index in [4.69, 9.17) is 5.73 Å². The van der Waals surface area contributed by atoms with Crippen LogP contribution in [0.4, 0.5) is 11.4 Å². The van der Waals surface area contributed by atoms with E-state index in [-0.39, 0.29) is 0 Å². The second-order valence-electron chi connectivity index (χ2n) is 4.91. The molecule has 0 radical (unpaired) electrons. The van der Waals surface area contributed by atoms with Gasteiger partial charge in [-0.3, -0.25) is 0 Å². The van der Waals surface area contributed by atoms with E-state index in [2.05, 4.69) is 67.3 Å². The zero-order chi connectivity index (χ0) is 13.7. The number of nitrogen functional groups attached to an aromatic ring is 1. The molecule has 0 unspecified atom stereocenters. The molecule has 2 aromatic rings. The third kappa shape index (κ3) is 3.28. The number of rotatable bonds is 5. The van der Waals surface area contributed by atoms with Gasteiger partial charge in [-0.25, -0.2) is 0 Å². The highest BCUT2D eigenvalue weighted by Crippen LogP contribution is 2.27. The summed E-state index contributed by atoms with van der Waals surface area (Å²) in [6.45, 7) is 6.18. The van der Waals surface area contributed by atoms with E-state index in [0.29, 0.717) is 0 Å². The van der Waals surface area contributed by atoms with Gasteiger partial charge in [-0.15, -0.1) is 0 Å². The van der Waals surface area contributed by atoms with Crippen molar-refractivity contribution in [3.63, 3.8) is 0 Å². The molecular formula is C17H22N2. The SMILES string of the molecule is CCCN(Cc1ccccc1)c1cccc(C)c1N. The fourth-order valence-corrected chi connectivity index (χ4v) is 2.30. The number of hydrogen-bond donors (Lipinski definition) is 1. The van der Waals surface area contributed by atoms with Gasteiger partial charge >= 0.3 is 0 Å². The van der Waals surface area contributed by atoms with E-state index in [9.17, 15) is 0 Å². The van der Waals surface area contributed by atoms with E-state index >= 15 is 0 Å². The lowest BCUT2D eigenvalue weighted by Gasteiger charge is -2.26. The van der Waals surface area contributed by atoms with Crippen LogP contribution in [-0.2, 0) is 6.54 Å². The monoisotopic (exact) mass is 254 g/mol. The Morgan fingerprint density at radius 3 is 2.42 bits per heavy atom. The van der Waals surface area contributed by atoms with Gasteiger partial charge in [0.15, 0.2) is 0 Å². The normalized spacial score (nSPS) is 10.4. The second-order valence-corrected chi connectivity index (χ2v) is 4.91. The highest BCUT2D eigenvalue weighted by atomic mass is 15.1. The number of benzene rings is 2. The maximum absolute atomic E-state index is 6.23. The van der Waals surface area contributed by atoms with E-state index in [1.165, 1.54) is 5.56 Å². The van der Waals surface area contributed by atoms with Crippen LogP contribution in [0.25, 0.3) is 0 Å². The minimum absolute atomic E-state index is 0.895. The minimum Gasteiger partial charge on any atom is -0.397 e. The van der Waals surface area contributed by atoms with Gasteiger partial charge in [0, 0.05) is 13.1 Å². The lowest BCUT2D eigenvalue weighted by molar-refractivity contribution is 0.768. The van der Waals surface area contributed by atoms with Crippen LogP contribution in [0.5, 0.6) is 0 Å². The first kappa shape index (κ1) is 13.5. The number of nitrogens with two attached hydrogens (primary N) is 1. The Hall–Kier alpha value is -1.96. The maximum atomic E-state index is 6.23. The number of anilines is 2. The summed E-state index contributed by atoms with van der Waals surface area (Å²) in [5, 5.41) is 0. The van der Waals surface area contributed by atoms with Crippen molar-refractivity contribution in [2.75, 3.05) is 17.2 Å². The van der Waals surface area contributed by atoms with Gasteiger partial charge in [0.25, 0.3) is 0 Å². The van der Waals surface area contributed by atoms with Crippen LogP contribution >= 0.6 is 0 Å². The molecule has 0 aliphatic heterocycles. The van der Waals surface area contributed by atoms with E-state index in [1.54, 1.807) is 0 Å². The van der Waals surface area contributed by atoms with Crippen LogP contribution in [0.15, 0.2) is 48.5 Å². The van der Waals surface area contributed by atoms with Crippen LogP contribution in [0.2, 0.25) is 0 Å². The molecule has 0 bridgehead atoms. The van der Waals surface area contributed by atoms with Gasteiger partial charge in [0.1, 0.15) is 0 Å². The van der Waals surface area contributed by atoms with E-state index in [0.717, 1.165) is 36.4 Å². The predicted molar refractivity (Wildman–Crippen MR) is 83.4 cm³/mol. The van der Waals surface area contributed by atoms with Crippen molar-refractivity contribution in [1.29, 1.82) is 0 Å². The summed E-state index contributed by atoms with van der Waals surface area (Å²) in [7, 11) is 0. The molecule has 0 heterocycles. The summed E-state index contributed by atoms with van der Waals surface area (Å²) < 4.78 is 0. The van der Waals surface area contributed by atoms with E-state index < -0.39 is 0 Å². The third-order valence-corrected chi connectivity index (χ3v) is 3.35. The summed E-state index contributed by atoms with van der Waals surface area (Å²) in [6.07, 6.45) is 1.11. The average Bonchev–Trinajstić information content (AvgIpc) is 2.43.